The molecular weight excluding hydrogens is 211 g/mol. The van der Waals surface area contributed by atoms with Crippen LogP contribution in [0.2, 0.25) is 0 Å². The maximum atomic E-state index is 13.3. The topological polar surface area (TPSA) is 52.6 Å². The summed E-state index contributed by atoms with van der Waals surface area (Å²) in [4.78, 5) is 12.6. The van der Waals surface area contributed by atoms with Crippen LogP contribution in [-0.2, 0) is 0 Å². The number of nitrogens with one attached hydrogen (secondary N) is 1. The highest BCUT2D eigenvalue weighted by Crippen LogP contribution is 2.15. The number of hydrogen-bond donors (Lipinski definition) is 2. The lowest BCUT2D eigenvalue weighted by Gasteiger charge is -2.12. The quantitative estimate of drug-likeness (QED) is 0.798. The number of nitrogens with zero attached hydrogens (tertiary/aromatic N) is 1. The molecule has 1 aromatic carbocycles. The third-order valence-corrected chi connectivity index (χ3v) is 2.09. The van der Waals surface area contributed by atoms with Crippen molar-refractivity contribution in [3.63, 3.8) is 0 Å². The summed E-state index contributed by atoms with van der Waals surface area (Å²) in [5.41, 5.74) is 0.301. The number of carbonyl (C=O) groups is 1. The summed E-state index contributed by atoms with van der Waals surface area (Å²) in [7, 11) is 3.82. The second-order valence-corrected chi connectivity index (χ2v) is 3.73. The fourth-order valence-corrected chi connectivity index (χ4v) is 1.21. The van der Waals surface area contributed by atoms with Gasteiger partial charge >= 0.3 is 5.97 Å². The molecule has 0 saturated carbocycles. The molecule has 0 atom stereocenters. The monoisotopic (exact) mass is 226 g/mol. The van der Waals surface area contributed by atoms with Crippen LogP contribution in [0, 0.1) is 5.82 Å². The SMILES string of the molecule is CN(C)CCNc1cc(C(=O)O)ccc1F. The van der Waals surface area contributed by atoms with Crippen molar-refractivity contribution in [2.45, 2.75) is 0 Å². The molecule has 0 saturated heterocycles. The minimum atomic E-state index is -1.06. The number of anilines is 1. The molecule has 1 rings (SSSR count). The average molecular weight is 226 g/mol. The maximum absolute atomic E-state index is 13.3. The zero-order chi connectivity index (χ0) is 12.1. The Bertz CT molecular complexity index is 380. The van der Waals surface area contributed by atoms with E-state index in [0.29, 0.717) is 6.54 Å². The Morgan fingerprint density at radius 2 is 2.19 bits per heavy atom. The molecule has 2 N–H and O–H groups in total. The van der Waals surface area contributed by atoms with Gasteiger partial charge in [-0.2, -0.15) is 0 Å². The van der Waals surface area contributed by atoms with Crippen molar-refractivity contribution in [1.82, 2.24) is 4.90 Å². The van der Waals surface area contributed by atoms with Crippen LogP contribution in [-0.4, -0.2) is 43.2 Å². The van der Waals surface area contributed by atoms with Gasteiger partial charge in [-0.25, -0.2) is 9.18 Å². The van der Waals surface area contributed by atoms with Crippen LogP contribution in [0.1, 0.15) is 10.4 Å². The van der Waals surface area contributed by atoms with E-state index in [1.54, 1.807) is 0 Å². The standard InChI is InChI=1S/C11H15FN2O2/c1-14(2)6-5-13-10-7-8(11(15)16)3-4-9(10)12/h3-4,7,13H,5-6H2,1-2H3,(H,15,16). The van der Waals surface area contributed by atoms with Gasteiger partial charge in [0, 0.05) is 13.1 Å². The molecule has 0 aliphatic heterocycles. The van der Waals surface area contributed by atoms with E-state index < -0.39 is 11.8 Å². The predicted molar refractivity (Wildman–Crippen MR) is 60.4 cm³/mol. The van der Waals surface area contributed by atoms with Crippen molar-refractivity contribution in [3.05, 3.63) is 29.6 Å². The molecule has 0 aliphatic carbocycles. The fraction of sp³-hybridized carbons (Fsp3) is 0.364. The highest BCUT2D eigenvalue weighted by Gasteiger charge is 2.07. The Labute approximate surface area is 93.7 Å². The van der Waals surface area contributed by atoms with Crippen LogP contribution >= 0.6 is 0 Å². The second-order valence-electron chi connectivity index (χ2n) is 3.73. The molecule has 4 nitrogen and oxygen atoms in total. The Hall–Kier alpha value is -1.62. The number of hydrogen-bond acceptors (Lipinski definition) is 3. The molecule has 0 radical (unpaired) electrons. The lowest BCUT2D eigenvalue weighted by atomic mass is 10.2. The number of halogens is 1. The molecule has 0 aliphatic rings. The van der Waals surface area contributed by atoms with Gasteiger partial charge in [-0.15, -0.1) is 0 Å². The van der Waals surface area contributed by atoms with Gasteiger partial charge in [0.15, 0.2) is 0 Å². The molecule has 0 amide bonds. The van der Waals surface area contributed by atoms with Crippen molar-refractivity contribution in [3.8, 4) is 0 Å². The number of aromatic carboxylic acids is 1. The van der Waals surface area contributed by atoms with Gasteiger partial charge in [0.05, 0.1) is 11.3 Å². The normalized spacial score (nSPS) is 10.5. The van der Waals surface area contributed by atoms with Gasteiger partial charge in [0.2, 0.25) is 0 Å². The van der Waals surface area contributed by atoms with Gasteiger partial charge in [-0.05, 0) is 32.3 Å². The van der Waals surface area contributed by atoms with Crippen molar-refractivity contribution in [2.75, 3.05) is 32.5 Å². The smallest absolute Gasteiger partial charge is 0.335 e. The molecule has 0 fully saturated rings. The van der Waals surface area contributed by atoms with Crippen LogP contribution < -0.4 is 5.32 Å². The average Bonchev–Trinajstić information content (AvgIpc) is 2.20. The fourth-order valence-electron chi connectivity index (χ4n) is 1.21. The van der Waals surface area contributed by atoms with E-state index >= 15 is 0 Å². The summed E-state index contributed by atoms with van der Waals surface area (Å²) in [6, 6.07) is 3.70. The zero-order valence-electron chi connectivity index (χ0n) is 9.33. The lowest BCUT2D eigenvalue weighted by Crippen LogP contribution is -2.21. The molecule has 5 heteroatoms. The minimum absolute atomic E-state index is 0.0775. The van der Waals surface area contributed by atoms with Crippen molar-refractivity contribution < 1.29 is 14.3 Å². The molecule has 0 bridgehead atoms. The first-order valence-electron chi connectivity index (χ1n) is 4.92. The number of likely N-dealkylation sites (N-methyl/N-ethyl adjacent to an activating group) is 1. The molecule has 0 unspecified atom stereocenters. The first-order chi connectivity index (χ1) is 7.50. The number of carboxylic acids is 1. The van der Waals surface area contributed by atoms with E-state index in [-0.39, 0.29) is 11.3 Å². The molecule has 0 spiro atoms. The summed E-state index contributed by atoms with van der Waals surface area (Å²) >= 11 is 0. The van der Waals surface area contributed by atoms with E-state index in [4.69, 9.17) is 5.11 Å². The van der Waals surface area contributed by atoms with Crippen LogP contribution in [0.5, 0.6) is 0 Å². The lowest BCUT2D eigenvalue weighted by molar-refractivity contribution is 0.0697. The van der Waals surface area contributed by atoms with Crippen LogP contribution in [0.4, 0.5) is 10.1 Å². The van der Waals surface area contributed by atoms with E-state index in [1.807, 2.05) is 19.0 Å². The third kappa shape index (κ3) is 3.51. The Morgan fingerprint density at radius 1 is 1.50 bits per heavy atom. The molecule has 88 valence electrons. The van der Waals surface area contributed by atoms with Crippen LogP contribution in [0.3, 0.4) is 0 Å². The highest BCUT2D eigenvalue weighted by atomic mass is 19.1. The molecule has 1 aromatic rings. The van der Waals surface area contributed by atoms with Crippen molar-refractivity contribution in [1.29, 1.82) is 0 Å². The predicted octanol–water partition coefficient (Wildman–Crippen LogP) is 1.50. The van der Waals surface area contributed by atoms with Gasteiger partial charge in [-0.3, -0.25) is 0 Å². The molecule has 16 heavy (non-hydrogen) atoms. The van der Waals surface area contributed by atoms with Crippen molar-refractivity contribution >= 4 is 11.7 Å². The number of rotatable bonds is 5. The molecule has 0 aromatic heterocycles. The van der Waals surface area contributed by atoms with Gasteiger partial charge in [0.1, 0.15) is 5.82 Å². The Balaban J connectivity index is 2.70. The molecule has 0 heterocycles. The summed E-state index contributed by atoms with van der Waals surface area (Å²) in [6.07, 6.45) is 0. The van der Waals surface area contributed by atoms with Crippen molar-refractivity contribution in [2.24, 2.45) is 0 Å². The molecular formula is C11H15FN2O2. The summed E-state index contributed by atoms with van der Waals surface area (Å²) in [5, 5.41) is 11.6. The zero-order valence-corrected chi connectivity index (χ0v) is 9.33. The number of benzene rings is 1. The van der Waals surface area contributed by atoms with Gasteiger partial charge < -0.3 is 15.3 Å². The Morgan fingerprint density at radius 3 is 2.75 bits per heavy atom. The first kappa shape index (κ1) is 12.4. The Kier molecular flexibility index (Phi) is 4.25. The largest absolute Gasteiger partial charge is 0.478 e. The van der Waals surface area contributed by atoms with E-state index in [1.165, 1.54) is 12.1 Å². The summed E-state index contributed by atoms with van der Waals surface area (Å²) < 4.78 is 13.3. The van der Waals surface area contributed by atoms with E-state index in [2.05, 4.69) is 5.32 Å². The second kappa shape index (κ2) is 5.46. The maximum Gasteiger partial charge on any atom is 0.335 e. The van der Waals surface area contributed by atoms with Crippen LogP contribution in [0.25, 0.3) is 0 Å². The first-order valence-corrected chi connectivity index (χ1v) is 4.92. The highest BCUT2D eigenvalue weighted by molar-refractivity contribution is 5.88. The minimum Gasteiger partial charge on any atom is -0.478 e. The van der Waals surface area contributed by atoms with E-state index in [9.17, 15) is 9.18 Å². The van der Waals surface area contributed by atoms with E-state index in [0.717, 1.165) is 12.6 Å². The van der Waals surface area contributed by atoms with Gasteiger partial charge in [-0.1, -0.05) is 0 Å². The van der Waals surface area contributed by atoms with Gasteiger partial charge in [0.25, 0.3) is 0 Å². The third-order valence-electron chi connectivity index (χ3n) is 2.09. The number of carboxylic acid groups (broad SMARTS) is 1. The summed E-state index contributed by atoms with van der Waals surface area (Å²) in [6.45, 7) is 1.31. The summed E-state index contributed by atoms with van der Waals surface area (Å²) in [5.74, 6) is -1.50. The van der Waals surface area contributed by atoms with Crippen LogP contribution in [0.15, 0.2) is 18.2 Å².